The van der Waals surface area contributed by atoms with Gasteiger partial charge in [-0.3, -0.25) is 8.98 Å². The minimum Gasteiger partial charge on any atom is -0.497 e. The molecule has 1 heterocycles. The minimum atomic E-state index is -4.04. The van der Waals surface area contributed by atoms with Crippen LogP contribution >= 0.6 is 0 Å². The van der Waals surface area contributed by atoms with Crippen LogP contribution in [0.3, 0.4) is 0 Å². The van der Waals surface area contributed by atoms with E-state index in [-0.39, 0.29) is 24.3 Å². The van der Waals surface area contributed by atoms with Crippen molar-refractivity contribution in [2.75, 3.05) is 27.0 Å². The van der Waals surface area contributed by atoms with Gasteiger partial charge < -0.3 is 9.47 Å². The van der Waals surface area contributed by atoms with Crippen molar-refractivity contribution < 1.29 is 35.3 Å². The zero-order chi connectivity index (χ0) is 23.5. The third-order valence-electron chi connectivity index (χ3n) is 5.17. The monoisotopic (exact) mass is 483 g/mol. The van der Waals surface area contributed by atoms with E-state index >= 15 is 0 Å². The van der Waals surface area contributed by atoms with Crippen LogP contribution in [0.4, 0.5) is 0 Å². The lowest BCUT2D eigenvalue weighted by Gasteiger charge is -2.36. The van der Waals surface area contributed by atoms with Gasteiger partial charge in [0.2, 0.25) is 10.0 Å². The molecular weight excluding hydrogens is 458 g/mol. The molecule has 11 heteroatoms. The summed E-state index contributed by atoms with van der Waals surface area (Å²) in [6.07, 6.45) is 0.110. The van der Waals surface area contributed by atoms with Crippen LogP contribution in [0.5, 0.6) is 5.75 Å². The second-order valence-corrected chi connectivity index (χ2v) is 10.8. The first-order valence-corrected chi connectivity index (χ1v) is 13.0. The van der Waals surface area contributed by atoms with Crippen LogP contribution in [0.1, 0.15) is 12.8 Å². The molecule has 0 amide bonds. The Morgan fingerprint density at radius 2 is 1.50 bits per heavy atom. The van der Waals surface area contributed by atoms with Crippen LogP contribution in [-0.2, 0) is 33.9 Å². The summed E-state index contributed by atoms with van der Waals surface area (Å²) in [6, 6.07) is 12.5. The second kappa shape index (κ2) is 9.57. The summed E-state index contributed by atoms with van der Waals surface area (Å²) >= 11 is 0. The first-order chi connectivity index (χ1) is 15.0. The number of nitrogens with zero attached hydrogens (tertiary/aromatic N) is 1. The number of esters is 1. The molecule has 9 nitrogen and oxygen atoms in total. The summed E-state index contributed by atoms with van der Waals surface area (Å²) in [5.74, 6) is -0.0599. The van der Waals surface area contributed by atoms with Crippen molar-refractivity contribution in [2.24, 2.45) is 0 Å². The molecule has 2 aromatic rings. The zero-order valence-corrected chi connectivity index (χ0v) is 19.6. The lowest BCUT2D eigenvalue weighted by atomic mass is 10.0. The normalized spacial score (nSPS) is 20.0. The van der Waals surface area contributed by atoms with Gasteiger partial charge in [0.05, 0.1) is 31.5 Å². The molecule has 0 radical (unpaired) electrons. The Kier molecular flexibility index (Phi) is 7.23. The van der Waals surface area contributed by atoms with E-state index in [4.69, 9.17) is 13.7 Å². The molecule has 3 rings (SSSR count). The Morgan fingerprint density at radius 3 is 2.00 bits per heavy atom. The summed E-state index contributed by atoms with van der Waals surface area (Å²) in [7, 11) is -5.06. The van der Waals surface area contributed by atoms with Crippen molar-refractivity contribution in [1.29, 1.82) is 0 Å². The Hall–Kier alpha value is -2.47. The summed E-state index contributed by atoms with van der Waals surface area (Å²) in [5, 5.41) is 0. The van der Waals surface area contributed by atoms with Crippen LogP contribution in [-0.4, -0.2) is 66.3 Å². The molecule has 0 saturated carbocycles. The van der Waals surface area contributed by atoms with Gasteiger partial charge in [-0.15, -0.1) is 0 Å². The van der Waals surface area contributed by atoms with E-state index < -0.39 is 38.3 Å². The fourth-order valence-corrected chi connectivity index (χ4v) is 5.89. The van der Waals surface area contributed by atoms with Crippen LogP contribution in [0, 0.1) is 0 Å². The molecule has 0 aliphatic carbocycles. The molecule has 0 spiro atoms. The summed E-state index contributed by atoms with van der Waals surface area (Å²) in [5.41, 5.74) is 1.71. The van der Waals surface area contributed by atoms with Crippen molar-refractivity contribution in [3.05, 3.63) is 48.5 Å². The SMILES string of the molecule is COC(=O)[C@H]1C[C@@H](OS(C)(=O)=O)CCN1S(=O)(=O)c1ccc(-c2ccc(OC)cc2)cc1. The maximum atomic E-state index is 13.3. The number of carbonyl (C=O) groups is 1. The van der Waals surface area contributed by atoms with Gasteiger partial charge in [-0.2, -0.15) is 12.7 Å². The third kappa shape index (κ3) is 5.47. The average Bonchev–Trinajstić information content (AvgIpc) is 2.77. The van der Waals surface area contributed by atoms with E-state index in [1.165, 1.54) is 12.1 Å². The molecule has 0 N–H and O–H groups in total. The lowest BCUT2D eigenvalue weighted by molar-refractivity contribution is -0.147. The lowest BCUT2D eigenvalue weighted by Crippen LogP contribution is -2.52. The highest BCUT2D eigenvalue weighted by atomic mass is 32.2. The molecule has 1 aliphatic rings. The standard InChI is InChI=1S/C21H25NO8S2/c1-28-17-8-4-15(5-9-17)16-6-10-19(11-7-16)32(26,27)22-13-12-18(30-31(3,24)25)14-20(22)21(23)29-2/h4-11,18,20H,12-14H2,1-3H3/t18-,20+/m0/s1. The highest BCUT2D eigenvalue weighted by molar-refractivity contribution is 7.89. The third-order valence-corrected chi connectivity index (χ3v) is 7.72. The maximum Gasteiger partial charge on any atom is 0.324 e. The topological polar surface area (TPSA) is 116 Å². The highest BCUT2D eigenvalue weighted by Gasteiger charge is 2.42. The second-order valence-electron chi connectivity index (χ2n) is 7.35. The minimum absolute atomic E-state index is 0.0196. The number of piperidine rings is 1. The predicted molar refractivity (Wildman–Crippen MR) is 117 cm³/mol. The maximum absolute atomic E-state index is 13.3. The zero-order valence-electron chi connectivity index (χ0n) is 17.9. The smallest absolute Gasteiger partial charge is 0.324 e. The number of ether oxygens (including phenoxy) is 2. The van der Waals surface area contributed by atoms with Gasteiger partial charge in [0.25, 0.3) is 10.1 Å². The summed E-state index contributed by atoms with van der Waals surface area (Å²) < 4.78 is 65.4. The first kappa shape index (κ1) is 24.2. The number of carbonyl (C=O) groups excluding carboxylic acids is 1. The molecule has 1 fully saturated rings. The number of rotatable bonds is 7. The van der Waals surface area contributed by atoms with Gasteiger partial charge in [-0.25, -0.2) is 8.42 Å². The van der Waals surface area contributed by atoms with Crippen molar-refractivity contribution in [3.63, 3.8) is 0 Å². The van der Waals surface area contributed by atoms with Crippen molar-refractivity contribution in [2.45, 2.75) is 29.9 Å². The van der Waals surface area contributed by atoms with Gasteiger partial charge >= 0.3 is 5.97 Å². The molecule has 1 saturated heterocycles. The Bertz CT molecular complexity index is 1160. The van der Waals surface area contributed by atoms with Crippen LogP contribution in [0.15, 0.2) is 53.4 Å². The highest BCUT2D eigenvalue weighted by Crippen LogP contribution is 2.30. The Balaban J connectivity index is 1.85. The number of hydrogen-bond donors (Lipinski definition) is 0. The average molecular weight is 484 g/mol. The van der Waals surface area contributed by atoms with Gasteiger partial charge in [0.15, 0.2) is 0 Å². The van der Waals surface area contributed by atoms with E-state index in [0.29, 0.717) is 5.75 Å². The van der Waals surface area contributed by atoms with Crippen LogP contribution in [0.25, 0.3) is 11.1 Å². The largest absolute Gasteiger partial charge is 0.497 e. The molecule has 174 valence electrons. The van der Waals surface area contributed by atoms with E-state index in [9.17, 15) is 21.6 Å². The summed E-state index contributed by atoms with van der Waals surface area (Å²) in [4.78, 5) is 12.3. The van der Waals surface area contributed by atoms with Crippen molar-refractivity contribution >= 4 is 26.1 Å². The fraction of sp³-hybridized carbons (Fsp3) is 0.381. The van der Waals surface area contributed by atoms with E-state index in [1.54, 1.807) is 19.2 Å². The van der Waals surface area contributed by atoms with Gasteiger partial charge in [0, 0.05) is 13.0 Å². The molecule has 1 aliphatic heterocycles. The quantitative estimate of drug-likeness (QED) is 0.434. The van der Waals surface area contributed by atoms with Crippen molar-refractivity contribution in [1.82, 2.24) is 4.31 Å². The molecule has 32 heavy (non-hydrogen) atoms. The van der Waals surface area contributed by atoms with Crippen LogP contribution in [0.2, 0.25) is 0 Å². The van der Waals surface area contributed by atoms with Gasteiger partial charge in [-0.05, 0) is 41.8 Å². The van der Waals surface area contributed by atoms with E-state index in [2.05, 4.69) is 0 Å². The molecule has 0 aromatic heterocycles. The Morgan fingerprint density at radius 1 is 0.938 bits per heavy atom. The predicted octanol–water partition coefficient (Wildman–Crippen LogP) is 2.03. The van der Waals surface area contributed by atoms with E-state index in [1.807, 2.05) is 24.3 Å². The Labute approximate surface area is 188 Å². The van der Waals surface area contributed by atoms with Gasteiger partial charge in [-0.1, -0.05) is 24.3 Å². The molecule has 0 unspecified atom stereocenters. The molecular formula is C21H25NO8S2. The molecule has 2 aromatic carbocycles. The van der Waals surface area contributed by atoms with E-state index in [0.717, 1.165) is 28.8 Å². The van der Waals surface area contributed by atoms with Gasteiger partial charge in [0.1, 0.15) is 11.8 Å². The van der Waals surface area contributed by atoms with Crippen LogP contribution < -0.4 is 4.74 Å². The van der Waals surface area contributed by atoms with Crippen molar-refractivity contribution in [3.8, 4) is 16.9 Å². The molecule has 2 atom stereocenters. The number of hydrogen-bond acceptors (Lipinski definition) is 8. The summed E-state index contributed by atoms with van der Waals surface area (Å²) in [6.45, 7) is -0.0808. The fourth-order valence-electron chi connectivity index (χ4n) is 3.62. The number of sulfonamides is 1. The number of methoxy groups -OCH3 is 2. The number of benzene rings is 2. The first-order valence-electron chi connectivity index (χ1n) is 9.77. The molecule has 0 bridgehead atoms.